The monoisotopic (exact) mass is 280 g/mol. The summed E-state index contributed by atoms with van der Waals surface area (Å²) >= 11 is 0. The van der Waals surface area contributed by atoms with Crippen LogP contribution in [0.4, 0.5) is 0 Å². The van der Waals surface area contributed by atoms with Crippen LogP contribution in [0, 0.1) is 5.41 Å². The third-order valence-electron chi connectivity index (χ3n) is 4.12. The fourth-order valence-electron chi connectivity index (χ4n) is 2.54. The van der Waals surface area contributed by atoms with Crippen LogP contribution >= 0.6 is 0 Å². The van der Waals surface area contributed by atoms with Crippen LogP contribution in [-0.4, -0.2) is 16.9 Å². The van der Waals surface area contributed by atoms with Crippen LogP contribution in [0.5, 0.6) is 0 Å². The highest BCUT2D eigenvalue weighted by atomic mass is 16.4. The minimum absolute atomic E-state index is 0.178. The fourth-order valence-corrected chi connectivity index (χ4v) is 2.54. The zero-order chi connectivity index (χ0) is 14.9. The first-order valence-corrected chi connectivity index (χ1v) is 7.03. The largest absolute Gasteiger partial charge is 0.480 e. The second kappa shape index (κ2) is 5.17. The first-order valence-electron chi connectivity index (χ1n) is 7.03. The van der Waals surface area contributed by atoms with Crippen LogP contribution in [0.2, 0.25) is 0 Å². The molecular weight excluding hydrogens is 264 g/mol. The summed E-state index contributed by atoms with van der Waals surface area (Å²) in [5.74, 6) is -1.16. The molecule has 2 aromatic carbocycles. The molecule has 0 amide bonds. The lowest BCUT2D eigenvalue weighted by atomic mass is 9.94. The summed E-state index contributed by atoms with van der Waals surface area (Å²) in [4.78, 5) is 23.2. The zero-order valence-corrected chi connectivity index (χ0v) is 11.6. The number of carboxylic acid groups (broad SMARTS) is 1. The van der Waals surface area contributed by atoms with Gasteiger partial charge in [0.25, 0.3) is 0 Å². The van der Waals surface area contributed by atoms with E-state index in [2.05, 4.69) is 0 Å². The SMILES string of the molecule is O=C(O)C1(C(=O)Cc2ccc(-c3ccccc3)cc2)CC1. The van der Waals surface area contributed by atoms with Gasteiger partial charge in [-0.1, -0.05) is 54.6 Å². The van der Waals surface area contributed by atoms with Gasteiger partial charge in [0.1, 0.15) is 5.41 Å². The van der Waals surface area contributed by atoms with Crippen LogP contribution in [0.1, 0.15) is 18.4 Å². The Morgan fingerprint density at radius 3 is 2.00 bits per heavy atom. The topological polar surface area (TPSA) is 54.4 Å². The number of hydrogen-bond donors (Lipinski definition) is 1. The molecule has 1 aliphatic carbocycles. The second-order valence-corrected chi connectivity index (χ2v) is 5.55. The average Bonchev–Trinajstić information content (AvgIpc) is 3.31. The molecule has 1 saturated carbocycles. The summed E-state index contributed by atoms with van der Waals surface area (Å²) in [5.41, 5.74) is 1.98. The Morgan fingerprint density at radius 1 is 0.905 bits per heavy atom. The molecule has 0 heterocycles. The Morgan fingerprint density at radius 2 is 1.48 bits per heavy atom. The molecule has 0 atom stereocenters. The predicted molar refractivity (Wildman–Crippen MR) is 79.9 cm³/mol. The summed E-state index contributed by atoms with van der Waals surface area (Å²) in [7, 11) is 0. The number of ketones is 1. The van der Waals surface area contributed by atoms with Gasteiger partial charge < -0.3 is 5.11 Å². The Bertz CT molecular complexity index is 667. The molecular formula is C18H16O3. The molecule has 0 bridgehead atoms. The summed E-state index contributed by atoms with van der Waals surface area (Å²) in [6, 6.07) is 17.7. The Hall–Kier alpha value is -2.42. The van der Waals surface area contributed by atoms with Crippen molar-refractivity contribution >= 4 is 11.8 Å². The van der Waals surface area contributed by atoms with Gasteiger partial charge in [-0.2, -0.15) is 0 Å². The summed E-state index contributed by atoms with van der Waals surface area (Å²) in [6.07, 6.45) is 1.15. The standard InChI is InChI=1S/C18H16O3/c19-16(18(10-11-18)17(20)21)12-13-6-8-15(9-7-13)14-4-2-1-3-5-14/h1-9H,10-12H2,(H,20,21). The van der Waals surface area contributed by atoms with Crippen molar-refractivity contribution in [2.45, 2.75) is 19.3 Å². The maximum atomic E-state index is 12.1. The minimum Gasteiger partial charge on any atom is -0.480 e. The molecule has 3 rings (SSSR count). The highest BCUT2D eigenvalue weighted by Crippen LogP contribution is 2.47. The number of aliphatic carboxylic acids is 1. The maximum absolute atomic E-state index is 12.1. The summed E-state index contributed by atoms with van der Waals surface area (Å²) in [6.45, 7) is 0. The van der Waals surface area contributed by atoms with Gasteiger partial charge >= 0.3 is 5.97 Å². The van der Waals surface area contributed by atoms with E-state index in [9.17, 15) is 9.59 Å². The number of Topliss-reactive ketones (excluding diaryl/α,β-unsaturated/α-hetero) is 1. The second-order valence-electron chi connectivity index (χ2n) is 5.55. The molecule has 0 radical (unpaired) electrons. The van der Waals surface area contributed by atoms with Crippen molar-refractivity contribution in [3.05, 3.63) is 60.2 Å². The molecule has 0 aromatic heterocycles. The minimum atomic E-state index is -1.10. The van der Waals surface area contributed by atoms with Crippen molar-refractivity contribution in [1.29, 1.82) is 0 Å². The fraction of sp³-hybridized carbons (Fsp3) is 0.222. The smallest absolute Gasteiger partial charge is 0.317 e. The summed E-state index contributed by atoms with van der Waals surface area (Å²) in [5, 5.41) is 9.12. The zero-order valence-electron chi connectivity index (χ0n) is 11.6. The molecule has 0 saturated heterocycles. The van der Waals surface area contributed by atoms with Crippen LogP contribution in [-0.2, 0) is 16.0 Å². The number of benzene rings is 2. The van der Waals surface area contributed by atoms with Gasteiger partial charge in [-0.3, -0.25) is 9.59 Å². The van der Waals surface area contributed by atoms with Gasteiger partial charge in [-0.25, -0.2) is 0 Å². The lowest BCUT2D eigenvalue weighted by molar-refractivity contribution is -0.148. The lowest BCUT2D eigenvalue weighted by Gasteiger charge is -2.09. The van der Waals surface area contributed by atoms with Gasteiger partial charge in [-0.15, -0.1) is 0 Å². The van der Waals surface area contributed by atoms with E-state index in [1.807, 2.05) is 54.6 Å². The van der Waals surface area contributed by atoms with E-state index in [1.54, 1.807) is 0 Å². The number of hydrogen-bond acceptors (Lipinski definition) is 2. The van der Waals surface area contributed by atoms with Crippen molar-refractivity contribution in [3.8, 4) is 11.1 Å². The Labute approximate surface area is 123 Å². The molecule has 3 heteroatoms. The van der Waals surface area contributed by atoms with Crippen LogP contribution < -0.4 is 0 Å². The van der Waals surface area contributed by atoms with Crippen molar-refractivity contribution in [2.75, 3.05) is 0 Å². The number of carbonyl (C=O) groups excluding carboxylic acids is 1. The normalized spacial score (nSPS) is 15.4. The molecule has 1 fully saturated rings. The molecule has 106 valence electrons. The molecule has 2 aromatic rings. The van der Waals surface area contributed by atoms with E-state index in [4.69, 9.17) is 5.11 Å². The van der Waals surface area contributed by atoms with E-state index < -0.39 is 11.4 Å². The van der Waals surface area contributed by atoms with Gasteiger partial charge in [-0.05, 0) is 29.5 Å². The van der Waals surface area contributed by atoms with Gasteiger partial charge in [0.2, 0.25) is 0 Å². The molecule has 0 aliphatic heterocycles. The maximum Gasteiger partial charge on any atom is 0.317 e. The van der Waals surface area contributed by atoms with Crippen molar-refractivity contribution in [3.63, 3.8) is 0 Å². The Balaban J connectivity index is 1.74. The van der Waals surface area contributed by atoms with Gasteiger partial charge in [0.05, 0.1) is 0 Å². The van der Waals surface area contributed by atoms with Crippen LogP contribution in [0.25, 0.3) is 11.1 Å². The number of carbonyl (C=O) groups is 2. The van der Waals surface area contributed by atoms with Crippen molar-refractivity contribution in [2.24, 2.45) is 5.41 Å². The van der Waals surface area contributed by atoms with Crippen molar-refractivity contribution < 1.29 is 14.7 Å². The number of carboxylic acids is 1. The molecule has 1 aliphatic rings. The van der Waals surface area contributed by atoms with Crippen LogP contribution in [0.3, 0.4) is 0 Å². The number of rotatable bonds is 5. The quantitative estimate of drug-likeness (QED) is 0.855. The third kappa shape index (κ3) is 2.59. The molecule has 3 nitrogen and oxygen atoms in total. The van der Waals surface area contributed by atoms with E-state index in [0.717, 1.165) is 16.7 Å². The average molecular weight is 280 g/mol. The van der Waals surface area contributed by atoms with Gasteiger partial charge in [0.15, 0.2) is 5.78 Å². The molecule has 0 unspecified atom stereocenters. The Kier molecular flexibility index (Phi) is 3.34. The molecule has 0 spiro atoms. The predicted octanol–water partition coefficient (Wildman–Crippen LogP) is 3.33. The van der Waals surface area contributed by atoms with Gasteiger partial charge in [0, 0.05) is 6.42 Å². The third-order valence-corrected chi connectivity index (χ3v) is 4.12. The first-order chi connectivity index (χ1) is 10.1. The highest BCUT2D eigenvalue weighted by molar-refractivity contribution is 6.06. The molecule has 1 N–H and O–H groups in total. The molecule has 21 heavy (non-hydrogen) atoms. The van der Waals surface area contributed by atoms with E-state index in [1.165, 1.54) is 0 Å². The lowest BCUT2D eigenvalue weighted by Crippen LogP contribution is -2.26. The van der Waals surface area contributed by atoms with E-state index in [-0.39, 0.29) is 12.2 Å². The van der Waals surface area contributed by atoms with Crippen LogP contribution in [0.15, 0.2) is 54.6 Å². The van der Waals surface area contributed by atoms with E-state index >= 15 is 0 Å². The van der Waals surface area contributed by atoms with E-state index in [0.29, 0.717) is 12.8 Å². The summed E-state index contributed by atoms with van der Waals surface area (Å²) < 4.78 is 0. The highest BCUT2D eigenvalue weighted by Gasteiger charge is 2.56. The van der Waals surface area contributed by atoms with Crippen molar-refractivity contribution in [1.82, 2.24) is 0 Å². The first kappa shape index (κ1) is 13.6.